The van der Waals surface area contributed by atoms with Crippen molar-refractivity contribution in [2.45, 2.75) is 0 Å². The van der Waals surface area contributed by atoms with Gasteiger partial charge in [0.05, 0.1) is 4.91 Å². The summed E-state index contributed by atoms with van der Waals surface area (Å²) in [5.74, 6) is -0.235. The maximum atomic E-state index is 11.7. The summed E-state index contributed by atoms with van der Waals surface area (Å²) in [6, 6.07) is 7.81. The van der Waals surface area contributed by atoms with Gasteiger partial charge in [-0.3, -0.25) is 14.5 Å². The predicted molar refractivity (Wildman–Crippen MR) is 74.5 cm³/mol. The highest BCUT2D eigenvalue weighted by Crippen LogP contribution is 2.31. The Hall–Kier alpha value is -1.75. The summed E-state index contributed by atoms with van der Waals surface area (Å²) in [7, 11) is 5.43. The topological polar surface area (TPSA) is 40.6 Å². The Labute approximate surface area is 110 Å². The minimum atomic E-state index is -0.235. The fraction of sp³-hybridized carbons (Fsp3) is 0.231. The molecule has 2 amide bonds. The zero-order chi connectivity index (χ0) is 13.3. The largest absolute Gasteiger partial charge is 0.378 e. The monoisotopic (exact) mass is 262 g/mol. The first-order valence-corrected chi connectivity index (χ1v) is 6.29. The number of hydrogen-bond donors (Lipinski definition) is 0. The van der Waals surface area contributed by atoms with Crippen LogP contribution >= 0.6 is 11.8 Å². The lowest BCUT2D eigenvalue weighted by Gasteiger charge is -2.11. The number of carbonyl (C=O) groups excluding carboxylic acids is 2. The van der Waals surface area contributed by atoms with Crippen LogP contribution in [0.5, 0.6) is 0 Å². The van der Waals surface area contributed by atoms with Crippen molar-refractivity contribution >= 4 is 34.7 Å². The summed E-state index contributed by atoms with van der Waals surface area (Å²) in [6.45, 7) is 0. The van der Waals surface area contributed by atoms with Gasteiger partial charge in [0, 0.05) is 26.8 Å². The Kier molecular flexibility index (Phi) is 3.43. The van der Waals surface area contributed by atoms with E-state index in [4.69, 9.17) is 0 Å². The van der Waals surface area contributed by atoms with Crippen LogP contribution in [0.4, 0.5) is 10.5 Å². The zero-order valence-corrected chi connectivity index (χ0v) is 11.3. The molecule has 4 nitrogen and oxygen atoms in total. The van der Waals surface area contributed by atoms with Gasteiger partial charge in [0.2, 0.25) is 0 Å². The van der Waals surface area contributed by atoms with E-state index in [0.29, 0.717) is 4.91 Å². The number of carbonyl (C=O) groups is 2. The average Bonchev–Trinajstić information content (AvgIpc) is 2.58. The van der Waals surface area contributed by atoms with Gasteiger partial charge in [-0.15, -0.1) is 0 Å². The lowest BCUT2D eigenvalue weighted by atomic mass is 10.2. The highest BCUT2D eigenvalue weighted by atomic mass is 32.2. The smallest absolute Gasteiger partial charge is 0.293 e. The van der Waals surface area contributed by atoms with Crippen molar-refractivity contribution < 1.29 is 9.59 Å². The number of amides is 2. The minimum Gasteiger partial charge on any atom is -0.378 e. The molecule has 0 bridgehead atoms. The molecule has 0 unspecified atom stereocenters. The van der Waals surface area contributed by atoms with E-state index in [1.807, 2.05) is 43.3 Å². The molecule has 0 N–H and O–H groups in total. The first kappa shape index (κ1) is 12.7. The van der Waals surface area contributed by atoms with E-state index < -0.39 is 0 Å². The molecule has 2 rings (SSSR count). The molecule has 0 atom stereocenters. The van der Waals surface area contributed by atoms with Crippen LogP contribution in [0, 0.1) is 0 Å². The molecular formula is C13H14N2O2S. The average molecular weight is 262 g/mol. The summed E-state index contributed by atoms with van der Waals surface area (Å²) in [5.41, 5.74) is 2.01. The van der Waals surface area contributed by atoms with Gasteiger partial charge in [-0.05, 0) is 35.5 Å². The Bertz CT molecular complexity index is 520. The Morgan fingerprint density at radius 1 is 1.17 bits per heavy atom. The summed E-state index contributed by atoms with van der Waals surface area (Å²) in [5, 5.41) is -0.226. The fourth-order valence-electron chi connectivity index (χ4n) is 1.57. The molecule has 1 aromatic rings. The molecule has 0 aromatic heterocycles. The van der Waals surface area contributed by atoms with Crippen molar-refractivity contribution in [3.8, 4) is 0 Å². The minimum absolute atomic E-state index is 0.226. The number of thioether (sulfide) groups is 1. The van der Waals surface area contributed by atoms with Gasteiger partial charge in [0.1, 0.15) is 0 Å². The Morgan fingerprint density at radius 2 is 1.78 bits per heavy atom. The predicted octanol–water partition coefficient (Wildman–Crippen LogP) is 2.42. The second-order valence-corrected chi connectivity index (χ2v) is 5.22. The fourth-order valence-corrected chi connectivity index (χ4v) is 2.39. The Balaban J connectivity index is 2.24. The first-order chi connectivity index (χ1) is 8.49. The number of likely N-dealkylation sites (N-methyl/N-ethyl adjacent to an activating group) is 1. The summed E-state index contributed by atoms with van der Waals surface area (Å²) in [4.78, 5) is 26.7. The number of anilines is 1. The number of nitrogens with zero attached hydrogens (tertiary/aromatic N) is 2. The third-order valence-electron chi connectivity index (χ3n) is 2.69. The van der Waals surface area contributed by atoms with E-state index in [2.05, 4.69) is 0 Å². The van der Waals surface area contributed by atoms with E-state index in [9.17, 15) is 9.59 Å². The highest BCUT2D eigenvalue weighted by Gasteiger charge is 2.31. The molecule has 5 heteroatoms. The van der Waals surface area contributed by atoms with Gasteiger partial charge in [0.25, 0.3) is 11.1 Å². The van der Waals surface area contributed by atoms with Crippen LogP contribution in [0.1, 0.15) is 5.56 Å². The zero-order valence-electron chi connectivity index (χ0n) is 10.5. The van der Waals surface area contributed by atoms with Gasteiger partial charge in [-0.2, -0.15) is 0 Å². The highest BCUT2D eigenvalue weighted by molar-refractivity contribution is 8.18. The van der Waals surface area contributed by atoms with Crippen molar-refractivity contribution in [3.05, 3.63) is 34.7 Å². The standard InChI is InChI=1S/C13H14N2O2S/c1-14(2)10-6-4-9(5-7-10)8-11-12(16)15(3)13(17)18-11/h4-8H,1-3H3/b11-8-. The molecule has 0 aliphatic carbocycles. The molecule has 1 saturated heterocycles. The number of imide groups is 1. The van der Waals surface area contributed by atoms with Crippen LogP contribution in [0.25, 0.3) is 6.08 Å². The van der Waals surface area contributed by atoms with Gasteiger partial charge in [-0.25, -0.2) is 0 Å². The van der Waals surface area contributed by atoms with Gasteiger partial charge < -0.3 is 4.90 Å². The van der Waals surface area contributed by atoms with Crippen LogP contribution in [0.15, 0.2) is 29.2 Å². The van der Waals surface area contributed by atoms with Crippen molar-refractivity contribution in [2.75, 3.05) is 26.0 Å². The number of hydrogen-bond acceptors (Lipinski definition) is 4. The molecule has 1 fully saturated rings. The van der Waals surface area contributed by atoms with Crippen LogP contribution < -0.4 is 4.90 Å². The van der Waals surface area contributed by atoms with Gasteiger partial charge in [0.15, 0.2) is 0 Å². The van der Waals surface area contributed by atoms with Crippen LogP contribution in [-0.2, 0) is 4.79 Å². The molecule has 0 spiro atoms. The van der Waals surface area contributed by atoms with E-state index in [1.165, 1.54) is 7.05 Å². The third kappa shape index (κ3) is 2.41. The second-order valence-electron chi connectivity index (χ2n) is 4.23. The Morgan fingerprint density at radius 3 is 2.22 bits per heavy atom. The SMILES string of the molecule is CN1C(=O)S/C(=C\c2ccc(N(C)C)cc2)C1=O. The molecule has 18 heavy (non-hydrogen) atoms. The van der Waals surface area contributed by atoms with E-state index >= 15 is 0 Å². The first-order valence-electron chi connectivity index (χ1n) is 5.48. The lowest BCUT2D eigenvalue weighted by molar-refractivity contribution is -0.121. The maximum absolute atomic E-state index is 11.7. The van der Waals surface area contributed by atoms with Crippen LogP contribution in [0.2, 0.25) is 0 Å². The molecule has 0 radical (unpaired) electrons. The van der Waals surface area contributed by atoms with Crippen molar-refractivity contribution in [1.82, 2.24) is 4.90 Å². The van der Waals surface area contributed by atoms with Crippen molar-refractivity contribution in [1.29, 1.82) is 0 Å². The van der Waals surface area contributed by atoms with Crippen LogP contribution in [-0.4, -0.2) is 37.2 Å². The summed E-state index contributed by atoms with van der Waals surface area (Å²) in [6.07, 6.45) is 1.74. The number of benzene rings is 1. The molecule has 94 valence electrons. The quantitative estimate of drug-likeness (QED) is 0.767. The number of rotatable bonds is 2. The van der Waals surface area contributed by atoms with Gasteiger partial charge in [-0.1, -0.05) is 12.1 Å². The molecule has 1 aromatic carbocycles. The maximum Gasteiger partial charge on any atom is 0.293 e. The lowest BCUT2D eigenvalue weighted by Crippen LogP contribution is -2.22. The third-order valence-corrected chi connectivity index (χ3v) is 3.65. The summed E-state index contributed by atoms with van der Waals surface area (Å²) < 4.78 is 0. The summed E-state index contributed by atoms with van der Waals surface area (Å²) >= 11 is 0.975. The normalized spacial score (nSPS) is 17.7. The van der Waals surface area contributed by atoms with E-state index in [-0.39, 0.29) is 11.1 Å². The molecule has 1 aliphatic rings. The van der Waals surface area contributed by atoms with Crippen molar-refractivity contribution in [2.24, 2.45) is 0 Å². The molecule has 0 saturated carbocycles. The van der Waals surface area contributed by atoms with Crippen LogP contribution in [0.3, 0.4) is 0 Å². The second kappa shape index (κ2) is 4.86. The van der Waals surface area contributed by atoms with Crippen molar-refractivity contribution in [3.63, 3.8) is 0 Å². The van der Waals surface area contributed by atoms with Gasteiger partial charge >= 0.3 is 0 Å². The molecule has 1 aliphatic heterocycles. The molecular weight excluding hydrogens is 248 g/mol. The molecule has 1 heterocycles. The van der Waals surface area contributed by atoms with E-state index in [0.717, 1.165) is 27.9 Å². The van der Waals surface area contributed by atoms with E-state index in [1.54, 1.807) is 6.08 Å².